The van der Waals surface area contributed by atoms with Crippen molar-refractivity contribution < 1.29 is 0 Å². The van der Waals surface area contributed by atoms with Crippen molar-refractivity contribution in [2.45, 2.75) is 13.8 Å². The molecule has 2 heteroatoms. The van der Waals surface area contributed by atoms with Gasteiger partial charge in [0.2, 0.25) is 0 Å². The van der Waals surface area contributed by atoms with Gasteiger partial charge in [-0.15, -0.1) is 0 Å². The first-order valence-corrected chi connectivity index (χ1v) is 18.7. The molecule has 0 fully saturated rings. The van der Waals surface area contributed by atoms with E-state index in [0.717, 1.165) is 0 Å². The fourth-order valence-corrected chi connectivity index (χ4v) is 8.30. The SMILES string of the molecule is Cc1cc(-n2c3ccccc3c3ccccc32)c(C)cc1-c1ccc(C=Cc2ccc(-c3ccc4c(c3)c3ccccc3n4-c3ccccc3)cc2)cc1. The number of para-hydroxylation sites is 4. The van der Waals surface area contributed by atoms with Gasteiger partial charge < -0.3 is 9.13 Å². The summed E-state index contributed by atoms with van der Waals surface area (Å²) < 4.78 is 4.78. The highest BCUT2D eigenvalue weighted by Gasteiger charge is 2.16. The van der Waals surface area contributed by atoms with Crippen molar-refractivity contribution in [2.24, 2.45) is 0 Å². The van der Waals surface area contributed by atoms with E-state index in [1.165, 1.54) is 99.5 Å². The van der Waals surface area contributed by atoms with E-state index in [2.05, 4.69) is 217 Å². The van der Waals surface area contributed by atoms with Crippen LogP contribution in [0.4, 0.5) is 0 Å². The topological polar surface area (TPSA) is 9.86 Å². The molecule has 0 saturated carbocycles. The summed E-state index contributed by atoms with van der Waals surface area (Å²) in [5, 5.41) is 5.11. The Morgan fingerprint density at radius 1 is 0.352 bits per heavy atom. The zero-order valence-electron chi connectivity index (χ0n) is 30.4. The number of hydrogen-bond donors (Lipinski definition) is 0. The van der Waals surface area contributed by atoms with Gasteiger partial charge in [-0.05, 0) is 113 Å². The first-order valence-electron chi connectivity index (χ1n) is 18.7. The molecule has 0 bridgehead atoms. The summed E-state index contributed by atoms with van der Waals surface area (Å²) in [7, 11) is 0. The zero-order valence-corrected chi connectivity index (χ0v) is 30.4. The maximum Gasteiger partial charge on any atom is 0.0541 e. The van der Waals surface area contributed by atoms with E-state index in [9.17, 15) is 0 Å². The molecule has 2 aromatic heterocycles. The molecule has 0 aliphatic heterocycles. The fourth-order valence-electron chi connectivity index (χ4n) is 8.30. The third kappa shape index (κ3) is 5.35. The lowest BCUT2D eigenvalue weighted by Gasteiger charge is -2.16. The minimum atomic E-state index is 1.18. The van der Waals surface area contributed by atoms with Gasteiger partial charge in [0.1, 0.15) is 0 Å². The molecule has 0 N–H and O–H groups in total. The van der Waals surface area contributed by atoms with Crippen LogP contribution < -0.4 is 0 Å². The minimum absolute atomic E-state index is 1.18. The third-order valence-electron chi connectivity index (χ3n) is 11.0. The summed E-state index contributed by atoms with van der Waals surface area (Å²) in [6.45, 7) is 4.46. The Kier molecular flexibility index (Phi) is 7.63. The molecule has 256 valence electrons. The van der Waals surface area contributed by atoms with E-state index in [1.54, 1.807) is 0 Å². The molecule has 10 rings (SSSR count). The first-order chi connectivity index (χ1) is 26.6. The van der Waals surface area contributed by atoms with Crippen LogP contribution in [0.15, 0.2) is 182 Å². The highest BCUT2D eigenvalue weighted by atomic mass is 15.0. The molecule has 2 nitrogen and oxygen atoms in total. The standard InChI is InChI=1S/C52H38N2/c1-35-33-52(54-49-18-10-6-14-43(49)44-15-7-11-19-50(44)54)36(2)32-46(35)40-28-24-38(25-29-40)21-20-37-22-26-39(27-23-37)41-30-31-51-47(34-41)45-16-8-9-17-48(45)53(51)42-12-4-3-5-13-42/h3-34H,1-2H3. The Hall–Kier alpha value is -6.90. The number of benzene rings is 8. The number of nitrogens with zero attached hydrogens (tertiary/aromatic N) is 2. The molecular weight excluding hydrogens is 653 g/mol. The lowest BCUT2D eigenvalue weighted by atomic mass is 9.96. The molecule has 0 spiro atoms. The lowest BCUT2D eigenvalue weighted by Crippen LogP contribution is -1.99. The molecule has 10 aromatic rings. The van der Waals surface area contributed by atoms with Gasteiger partial charge in [0.05, 0.1) is 22.1 Å². The zero-order chi connectivity index (χ0) is 36.2. The smallest absolute Gasteiger partial charge is 0.0541 e. The Morgan fingerprint density at radius 3 is 1.44 bits per heavy atom. The molecule has 0 unspecified atom stereocenters. The van der Waals surface area contributed by atoms with Crippen LogP contribution in [0.5, 0.6) is 0 Å². The van der Waals surface area contributed by atoms with Gasteiger partial charge in [-0.3, -0.25) is 0 Å². The molecular formula is C52H38N2. The molecule has 0 radical (unpaired) electrons. The van der Waals surface area contributed by atoms with Crippen molar-refractivity contribution in [3.63, 3.8) is 0 Å². The molecule has 2 heterocycles. The van der Waals surface area contributed by atoms with Crippen LogP contribution in [-0.2, 0) is 0 Å². The largest absolute Gasteiger partial charge is 0.309 e. The number of aromatic nitrogens is 2. The number of fused-ring (bicyclic) bond motifs is 6. The summed E-state index contributed by atoms with van der Waals surface area (Å²) in [4.78, 5) is 0. The Morgan fingerprint density at radius 2 is 0.833 bits per heavy atom. The highest BCUT2D eigenvalue weighted by molar-refractivity contribution is 6.11. The van der Waals surface area contributed by atoms with Crippen molar-refractivity contribution >= 4 is 55.8 Å². The molecule has 0 saturated heterocycles. The van der Waals surface area contributed by atoms with Gasteiger partial charge in [-0.25, -0.2) is 0 Å². The predicted octanol–water partition coefficient (Wildman–Crippen LogP) is 14.0. The van der Waals surface area contributed by atoms with E-state index in [4.69, 9.17) is 0 Å². The summed E-state index contributed by atoms with van der Waals surface area (Å²) in [5.74, 6) is 0. The van der Waals surface area contributed by atoms with Gasteiger partial charge in [0.25, 0.3) is 0 Å². The van der Waals surface area contributed by atoms with E-state index < -0.39 is 0 Å². The average molecular weight is 691 g/mol. The summed E-state index contributed by atoms with van der Waals surface area (Å²) in [6, 6.07) is 66.1. The lowest BCUT2D eigenvalue weighted by molar-refractivity contribution is 1.14. The predicted molar refractivity (Wildman–Crippen MR) is 231 cm³/mol. The maximum atomic E-state index is 2.42. The first kappa shape index (κ1) is 31.8. The molecule has 8 aromatic carbocycles. The summed E-state index contributed by atoms with van der Waals surface area (Å²) >= 11 is 0. The van der Waals surface area contributed by atoms with Gasteiger partial charge in [0, 0.05) is 32.9 Å². The second-order valence-electron chi connectivity index (χ2n) is 14.3. The van der Waals surface area contributed by atoms with Crippen molar-refractivity contribution in [2.75, 3.05) is 0 Å². The second kappa shape index (κ2) is 12.9. The summed E-state index contributed by atoms with van der Waals surface area (Å²) in [5.41, 5.74) is 17.2. The van der Waals surface area contributed by atoms with Crippen molar-refractivity contribution in [3.05, 3.63) is 204 Å². The van der Waals surface area contributed by atoms with E-state index in [-0.39, 0.29) is 0 Å². The Labute approximate surface area is 315 Å². The molecule has 0 aliphatic carbocycles. The van der Waals surface area contributed by atoms with Gasteiger partial charge in [0.15, 0.2) is 0 Å². The van der Waals surface area contributed by atoms with E-state index in [1.807, 2.05) is 0 Å². The molecule has 0 atom stereocenters. The fraction of sp³-hybridized carbons (Fsp3) is 0.0385. The van der Waals surface area contributed by atoms with E-state index >= 15 is 0 Å². The average Bonchev–Trinajstić information content (AvgIpc) is 3.74. The maximum absolute atomic E-state index is 2.42. The highest BCUT2D eigenvalue weighted by Crippen LogP contribution is 2.37. The van der Waals surface area contributed by atoms with Crippen molar-refractivity contribution in [3.8, 4) is 33.6 Å². The van der Waals surface area contributed by atoms with Crippen LogP contribution in [-0.4, -0.2) is 9.13 Å². The van der Waals surface area contributed by atoms with Crippen molar-refractivity contribution in [1.82, 2.24) is 9.13 Å². The van der Waals surface area contributed by atoms with Crippen LogP contribution in [0.25, 0.3) is 89.4 Å². The number of aryl methyl sites for hydroxylation is 2. The monoisotopic (exact) mass is 690 g/mol. The van der Waals surface area contributed by atoms with Crippen LogP contribution in [0.2, 0.25) is 0 Å². The molecule has 0 aliphatic rings. The number of rotatable bonds is 6. The number of hydrogen-bond acceptors (Lipinski definition) is 0. The quantitative estimate of drug-likeness (QED) is 0.154. The summed E-state index contributed by atoms with van der Waals surface area (Å²) in [6.07, 6.45) is 4.40. The van der Waals surface area contributed by atoms with E-state index in [0.29, 0.717) is 0 Å². The van der Waals surface area contributed by atoms with Crippen LogP contribution in [0.1, 0.15) is 22.3 Å². The second-order valence-corrected chi connectivity index (χ2v) is 14.3. The van der Waals surface area contributed by atoms with Gasteiger partial charge in [-0.1, -0.05) is 140 Å². The normalized spacial score (nSPS) is 11.8. The Bertz CT molecular complexity index is 2980. The molecule has 54 heavy (non-hydrogen) atoms. The Balaban J connectivity index is 0.898. The van der Waals surface area contributed by atoms with Crippen LogP contribution >= 0.6 is 0 Å². The minimum Gasteiger partial charge on any atom is -0.309 e. The van der Waals surface area contributed by atoms with Crippen molar-refractivity contribution in [1.29, 1.82) is 0 Å². The van der Waals surface area contributed by atoms with Crippen LogP contribution in [0.3, 0.4) is 0 Å². The third-order valence-corrected chi connectivity index (χ3v) is 11.0. The molecule has 0 amide bonds. The van der Waals surface area contributed by atoms with Crippen LogP contribution in [0, 0.1) is 13.8 Å². The van der Waals surface area contributed by atoms with Gasteiger partial charge in [-0.2, -0.15) is 0 Å². The van der Waals surface area contributed by atoms with Gasteiger partial charge >= 0.3 is 0 Å².